The molecular weight excluding hydrogens is 475 g/mol. The third-order valence-electron chi connectivity index (χ3n) is 4.43. The van der Waals surface area contributed by atoms with E-state index in [1.165, 1.54) is 43.4 Å². The Kier molecular flexibility index (Phi) is 12.7. The van der Waals surface area contributed by atoms with Crippen LogP contribution in [0, 0.1) is 0 Å². The second-order valence-corrected chi connectivity index (χ2v) is 7.83. The van der Waals surface area contributed by atoms with E-state index in [-0.39, 0.29) is 36.4 Å². The van der Waals surface area contributed by atoms with E-state index in [0.29, 0.717) is 31.8 Å². The van der Waals surface area contributed by atoms with Crippen molar-refractivity contribution in [2.75, 3.05) is 33.8 Å². The predicted molar refractivity (Wildman–Crippen MR) is 123 cm³/mol. The van der Waals surface area contributed by atoms with E-state index in [1.54, 1.807) is 30.3 Å². The van der Waals surface area contributed by atoms with Crippen molar-refractivity contribution in [3.63, 3.8) is 0 Å². The van der Waals surface area contributed by atoms with Crippen LogP contribution in [0.5, 0.6) is 0 Å². The summed E-state index contributed by atoms with van der Waals surface area (Å²) in [5.41, 5.74) is 0. The third-order valence-corrected chi connectivity index (χ3v) is 5.31. The minimum Gasteiger partial charge on any atom is -0.376 e. The molecule has 6 nitrogen and oxygen atoms in total. The number of carbonyl (C=O) groups excluding carboxylic acids is 1. The standard InChI is InChI=1S/C19H32N4O2S.HI/c1-23(2)18(24)15-22-19(21-14-17-10-7-13-26-17)20-11-12-25-16-8-5-3-4-6-9-16;/h7,10,13,16H,3-6,8-9,11-12,14-15H2,1-2H3,(H2,20,21,22);1H. The molecule has 154 valence electrons. The van der Waals surface area contributed by atoms with Crippen molar-refractivity contribution in [3.8, 4) is 0 Å². The van der Waals surface area contributed by atoms with Crippen LogP contribution in [0.1, 0.15) is 43.4 Å². The number of likely N-dealkylation sites (N-methyl/N-ethyl adjacent to an activating group) is 1. The van der Waals surface area contributed by atoms with Gasteiger partial charge in [-0.1, -0.05) is 31.7 Å². The van der Waals surface area contributed by atoms with E-state index in [4.69, 9.17) is 4.74 Å². The smallest absolute Gasteiger partial charge is 0.243 e. The lowest BCUT2D eigenvalue weighted by Gasteiger charge is -2.17. The number of thiophene rings is 1. The van der Waals surface area contributed by atoms with Gasteiger partial charge in [0.2, 0.25) is 5.91 Å². The number of carbonyl (C=O) groups is 1. The molecule has 2 rings (SSSR count). The normalized spacial score (nSPS) is 15.6. The van der Waals surface area contributed by atoms with Gasteiger partial charge in [0.1, 0.15) is 6.54 Å². The average molecular weight is 508 g/mol. The van der Waals surface area contributed by atoms with E-state index in [9.17, 15) is 4.79 Å². The fraction of sp³-hybridized carbons (Fsp3) is 0.684. The molecule has 1 aromatic rings. The highest BCUT2D eigenvalue weighted by molar-refractivity contribution is 14.0. The van der Waals surface area contributed by atoms with Gasteiger partial charge in [-0.05, 0) is 24.3 Å². The van der Waals surface area contributed by atoms with Crippen molar-refractivity contribution in [3.05, 3.63) is 22.4 Å². The van der Waals surface area contributed by atoms with Gasteiger partial charge in [-0.3, -0.25) is 4.79 Å². The highest BCUT2D eigenvalue weighted by atomic mass is 127. The molecule has 1 saturated carbocycles. The molecule has 0 unspecified atom stereocenters. The topological polar surface area (TPSA) is 66.0 Å². The number of halogens is 1. The number of aliphatic imine (C=N–C) groups is 1. The van der Waals surface area contributed by atoms with Crippen LogP contribution in [-0.2, 0) is 16.1 Å². The zero-order valence-electron chi connectivity index (χ0n) is 16.4. The summed E-state index contributed by atoms with van der Waals surface area (Å²) < 4.78 is 6.01. The van der Waals surface area contributed by atoms with Gasteiger partial charge in [-0.25, -0.2) is 4.99 Å². The molecule has 1 aliphatic rings. The summed E-state index contributed by atoms with van der Waals surface area (Å²) >= 11 is 1.70. The summed E-state index contributed by atoms with van der Waals surface area (Å²) in [6.45, 7) is 2.17. The van der Waals surface area contributed by atoms with Crippen molar-refractivity contribution in [2.45, 2.75) is 51.2 Å². The molecule has 8 heteroatoms. The molecular formula is C19H33IN4O2S. The number of nitrogens with one attached hydrogen (secondary N) is 2. The first kappa shape index (κ1) is 24.2. The number of ether oxygens (including phenoxy) is 1. The molecule has 0 aliphatic heterocycles. The quantitative estimate of drug-likeness (QED) is 0.186. The maximum Gasteiger partial charge on any atom is 0.243 e. The number of amides is 1. The molecule has 0 atom stereocenters. The van der Waals surface area contributed by atoms with E-state index in [0.717, 1.165) is 0 Å². The lowest BCUT2D eigenvalue weighted by Crippen LogP contribution is -2.40. The highest BCUT2D eigenvalue weighted by Gasteiger charge is 2.12. The molecule has 0 aromatic carbocycles. The Morgan fingerprint density at radius 3 is 2.63 bits per heavy atom. The molecule has 1 heterocycles. The second-order valence-electron chi connectivity index (χ2n) is 6.80. The van der Waals surface area contributed by atoms with Gasteiger partial charge in [0.25, 0.3) is 0 Å². The first-order chi connectivity index (χ1) is 12.6. The highest BCUT2D eigenvalue weighted by Crippen LogP contribution is 2.19. The lowest BCUT2D eigenvalue weighted by molar-refractivity contribution is -0.127. The SMILES string of the molecule is CN(C)C(=O)CN=C(NCCOC1CCCCCC1)NCc1cccs1.I. The molecule has 1 aromatic heterocycles. The van der Waals surface area contributed by atoms with Crippen LogP contribution < -0.4 is 10.6 Å². The molecule has 0 bridgehead atoms. The minimum atomic E-state index is -0.0167. The van der Waals surface area contributed by atoms with Crippen molar-refractivity contribution in [2.24, 2.45) is 4.99 Å². The number of hydrogen-bond donors (Lipinski definition) is 2. The summed E-state index contributed by atoms with van der Waals surface area (Å²) in [6, 6.07) is 4.11. The minimum absolute atomic E-state index is 0. The number of hydrogen-bond acceptors (Lipinski definition) is 4. The van der Waals surface area contributed by atoms with Gasteiger partial charge in [0.05, 0.1) is 19.3 Å². The molecule has 0 radical (unpaired) electrons. The number of guanidine groups is 1. The summed E-state index contributed by atoms with van der Waals surface area (Å²) in [6.07, 6.45) is 7.97. The van der Waals surface area contributed by atoms with Crippen LogP contribution in [-0.4, -0.2) is 56.7 Å². The maximum absolute atomic E-state index is 11.8. The molecule has 1 amide bonds. The van der Waals surface area contributed by atoms with Crippen molar-refractivity contribution >= 4 is 47.2 Å². The number of nitrogens with zero attached hydrogens (tertiary/aromatic N) is 2. The first-order valence-corrected chi connectivity index (χ1v) is 10.4. The Morgan fingerprint density at radius 1 is 1.26 bits per heavy atom. The van der Waals surface area contributed by atoms with Gasteiger partial charge < -0.3 is 20.3 Å². The van der Waals surface area contributed by atoms with Crippen LogP contribution in [0.15, 0.2) is 22.5 Å². The largest absolute Gasteiger partial charge is 0.376 e. The average Bonchev–Trinajstić information content (AvgIpc) is 3.02. The van der Waals surface area contributed by atoms with E-state index in [1.807, 2.05) is 6.07 Å². The summed E-state index contributed by atoms with van der Waals surface area (Å²) in [5.74, 6) is 0.634. The van der Waals surface area contributed by atoms with Gasteiger partial charge in [-0.2, -0.15) is 0 Å². The Labute approximate surface area is 184 Å². The van der Waals surface area contributed by atoms with Gasteiger partial charge in [-0.15, -0.1) is 35.3 Å². The van der Waals surface area contributed by atoms with Crippen molar-refractivity contribution in [1.29, 1.82) is 0 Å². The van der Waals surface area contributed by atoms with Crippen LogP contribution >= 0.6 is 35.3 Å². The van der Waals surface area contributed by atoms with Crippen LogP contribution in [0.2, 0.25) is 0 Å². The summed E-state index contributed by atoms with van der Waals surface area (Å²) in [4.78, 5) is 19.0. The van der Waals surface area contributed by atoms with Gasteiger partial charge in [0.15, 0.2) is 5.96 Å². The number of rotatable bonds is 8. The fourth-order valence-electron chi connectivity index (χ4n) is 2.85. The molecule has 2 N–H and O–H groups in total. The zero-order chi connectivity index (χ0) is 18.6. The van der Waals surface area contributed by atoms with Crippen LogP contribution in [0.4, 0.5) is 0 Å². The molecule has 27 heavy (non-hydrogen) atoms. The van der Waals surface area contributed by atoms with Gasteiger partial charge >= 0.3 is 0 Å². The zero-order valence-corrected chi connectivity index (χ0v) is 19.6. The first-order valence-electron chi connectivity index (χ1n) is 9.51. The third kappa shape index (κ3) is 10.3. The second kappa shape index (κ2) is 14.2. The van der Waals surface area contributed by atoms with Gasteiger partial charge in [0, 0.05) is 25.5 Å². The Hall–Kier alpha value is -0.870. The Bertz CT molecular complexity index is 544. The van der Waals surface area contributed by atoms with Crippen LogP contribution in [0.3, 0.4) is 0 Å². The maximum atomic E-state index is 11.8. The molecule has 0 spiro atoms. The Morgan fingerprint density at radius 2 is 2.00 bits per heavy atom. The molecule has 1 aliphatic carbocycles. The van der Waals surface area contributed by atoms with E-state index < -0.39 is 0 Å². The summed E-state index contributed by atoms with van der Waals surface area (Å²) in [5, 5.41) is 8.62. The van der Waals surface area contributed by atoms with Crippen molar-refractivity contribution in [1.82, 2.24) is 15.5 Å². The predicted octanol–water partition coefficient (Wildman–Crippen LogP) is 3.23. The molecule has 1 fully saturated rings. The van der Waals surface area contributed by atoms with E-state index in [2.05, 4.69) is 27.1 Å². The lowest BCUT2D eigenvalue weighted by atomic mass is 10.1. The fourth-order valence-corrected chi connectivity index (χ4v) is 3.49. The van der Waals surface area contributed by atoms with Crippen molar-refractivity contribution < 1.29 is 9.53 Å². The Balaban J connectivity index is 0.00000364. The summed E-state index contributed by atoms with van der Waals surface area (Å²) in [7, 11) is 3.48. The molecule has 0 saturated heterocycles. The van der Waals surface area contributed by atoms with Crippen LogP contribution in [0.25, 0.3) is 0 Å². The van der Waals surface area contributed by atoms with E-state index >= 15 is 0 Å². The monoisotopic (exact) mass is 508 g/mol.